The predicted molar refractivity (Wildman–Crippen MR) is 93.3 cm³/mol. The highest BCUT2D eigenvalue weighted by Crippen LogP contribution is 2.36. The number of hydrogen-bond donors (Lipinski definition) is 1. The number of ether oxygens (including phenoxy) is 2. The van der Waals surface area contributed by atoms with Crippen molar-refractivity contribution in [2.45, 2.75) is 13.0 Å². The molecule has 1 aliphatic heterocycles. The molecule has 0 fully saturated rings. The second-order valence-electron chi connectivity index (χ2n) is 5.46. The third kappa shape index (κ3) is 3.39. The summed E-state index contributed by atoms with van der Waals surface area (Å²) in [5, 5.41) is 6.50. The zero-order valence-electron chi connectivity index (χ0n) is 13.1. The number of hydrogen-bond acceptors (Lipinski definition) is 6. The molecule has 122 valence electrons. The molecule has 0 atom stereocenters. The van der Waals surface area contributed by atoms with Crippen LogP contribution in [0.25, 0.3) is 10.6 Å². The number of nitrogens with one attached hydrogen (secondary N) is 1. The van der Waals surface area contributed by atoms with Crippen LogP contribution in [0.5, 0.6) is 11.5 Å². The van der Waals surface area contributed by atoms with Gasteiger partial charge in [-0.15, -0.1) is 11.3 Å². The first-order valence-corrected chi connectivity index (χ1v) is 8.71. The van der Waals surface area contributed by atoms with Gasteiger partial charge in [0.1, 0.15) is 5.01 Å². The van der Waals surface area contributed by atoms with Crippen molar-refractivity contribution in [1.29, 1.82) is 0 Å². The number of rotatable bonds is 6. The van der Waals surface area contributed by atoms with E-state index in [-0.39, 0.29) is 0 Å². The maximum atomic E-state index is 5.43. The number of fused-ring (bicyclic) bond motifs is 1. The van der Waals surface area contributed by atoms with Gasteiger partial charge in [0, 0.05) is 42.3 Å². The summed E-state index contributed by atoms with van der Waals surface area (Å²) in [6.45, 7) is 1.93. The van der Waals surface area contributed by atoms with Crippen LogP contribution in [0.3, 0.4) is 0 Å². The highest BCUT2D eigenvalue weighted by atomic mass is 32.1. The standard InChI is InChI=1S/C18H17N3O2S/c1-2-7-20-14(3-1)6-8-19-10-15-11-24-18(21-15)13-4-5-16-17(9-13)23-12-22-16/h1-5,7,9,11,19H,6,8,10,12H2. The van der Waals surface area contributed by atoms with Crippen LogP contribution in [0.2, 0.25) is 0 Å². The van der Waals surface area contributed by atoms with Gasteiger partial charge < -0.3 is 14.8 Å². The molecule has 24 heavy (non-hydrogen) atoms. The van der Waals surface area contributed by atoms with Gasteiger partial charge in [-0.3, -0.25) is 4.98 Å². The van der Waals surface area contributed by atoms with Crippen molar-refractivity contribution in [2.75, 3.05) is 13.3 Å². The molecule has 0 saturated carbocycles. The van der Waals surface area contributed by atoms with E-state index in [1.54, 1.807) is 11.3 Å². The number of aromatic nitrogens is 2. The Labute approximate surface area is 144 Å². The van der Waals surface area contributed by atoms with Gasteiger partial charge in [0.15, 0.2) is 11.5 Å². The SMILES string of the molecule is c1ccc(CCNCc2csc(-c3ccc4c(c3)OCO4)n2)nc1. The zero-order valence-corrected chi connectivity index (χ0v) is 13.9. The largest absolute Gasteiger partial charge is 0.454 e. The van der Waals surface area contributed by atoms with Crippen LogP contribution in [0, 0.1) is 0 Å². The minimum atomic E-state index is 0.294. The number of pyridine rings is 1. The molecule has 0 saturated heterocycles. The molecule has 5 nitrogen and oxygen atoms in total. The summed E-state index contributed by atoms with van der Waals surface area (Å²) in [7, 11) is 0. The Morgan fingerprint density at radius 3 is 2.96 bits per heavy atom. The first-order valence-electron chi connectivity index (χ1n) is 7.83. The normalized spacial score (nSPS) is 12.5. The van der Waals surface area contributed by atoms with Crippen molar-refractivity contribution in [3.63, 3.8) is 0 Å². The van der Waals surface area contributed by atoms with Crippen LogP contribution in [0.15, 0.2) is 48.0 Å². The Morgan fingerprint density at radius 2 is 2.04 bits per heavy atom. The first-order chi connectivity index (χ1) is 11.9. The molecule has 6 heteroatoms. The molecule has 0 spiro atoms. The van der Waals surface area contributed by atoms with E-state index < -0.39 is 0 Å². The van der Waals surface area contributed by atoms with Gasteiger partial charge in [0.25, 0.3) is 0 Å². The average Bonchev–Trinajstić information content (AvgIpc) is 3.28. The van der Waals surface area contributed by atoms with Crippen LogP contribution in [0.1, 0.15) is 11.4 Å². The number of benzene rings is 1. The molecule has 0 unspecified atom stereocenters. The number of thiazole rings is 1. The van der Waals surface area contributed by atoms with Crippen LogP contribution in [-0.4, -0.2) is 23.3 Å². The molecule has 0 bridgehead atoms. The smallest absolute Gasteiger partial charge is 0.231 e. The van der Waals surface area contributed by atoms with Gasteiger partial charge >= 0.3 is 0 Å². The monoisotopic (exact) mass is 339 g/mol. The van der Waals surface area contributed by atoms with Gasteiger partial charge in [0.05, 0.1) is 5.69 Å². The lowest BCUT2D eigenvalue weighted by Crippen LogP contribution is -2.17. The third-order valence-electron chi connectivity index (χ3n) is 3.76. The molecule has 0 aliphatic carbocycles. The van der Waals surface area contributed by atoms with E-state index in [2.05, 4.69) is 15.7 Å². The molecular formula is C18H17N3O2S. The minimum absolute atomic E-state index is 0.294. The molecule has 0 amide bonds. The Hall–Kier alpha value is -2.44. The van der Waals surface area contributed by atoms with E-state index in [0.717, 1.165) is 53.0 Å². The van der Waals surface area contributed by atoms with E-state index in [0.29, 0.717) is 6.79 Å². The summed E-state index contributed by atoms with van der Waals surface area (Å²) in [4.78, 5) is 9.01. The minimum Gasteiger partial charge on any atom is -0.454 e. The van der Waals surface area contributed by atoms with Crippen molar-refractivity contribution in [3.05, 3.63) is 59.4 Å². The van der Waals surface area contributed by atoms with Crippen molar-refractivity contribution in [2.24, 2.45) is 0 Å². The molecular weight excluding hydrogens is 322 g/mol. The fraction of sp³-hybridized carbons (Fsp3) is 0.222. The van der Waals surface area contributed by atoms with Crippen LogP contribution in [-0.2, 0) is 13.0 Å². The van der Waals surface area contributed by atoms with Crippen molar-refractivity contribution >= 4 is 11.3 Å². The molecule has 3 aromatic rings. The Bertz CT molecular complexity index is 820. The Balaban J connectivity index is 1.33. The summed E-state index contributed by atoms with van der Waals surface area (Å²) in [5.41, 5.74) is 3.21. The fourth-order valence-electron chi connectivity index (χ4n) is 2.53. The molecule has 0 radical (unpaired) electrons. The molecule has 1 aromatic carbocycles. The third-order valence-corrected chi connectivity index (χ3v) is 4.70. The Kier molecular flexibility index (Phi) is 4.40. The second kappa shape index (κ2) is 6.98. The van der Waals surface area contributed by atoms with Gasteiger partial charge in [-0.2, -0.15) is 0 Å². The average molecular weight is 339 g/mol. The highest BCUT2D eigenvalue weighted by molar-refractivity contribution is 7.13. The number of nitrogens with zero attached hydrogens (tertiary/aromatic N) is 2. The van der Waals surface area contributed by atoms with Gasteiger partial charge in [-0.1, -0.05) is 6.07 Å². The summed E-state index contributed by atoms with van der Waals surface area (Å²) in [6.07, 6.45) is 2.74. The van der Waals surface area contributed by atoms with Gasteiger partial charge in [-0.05, 0) is 30.3 Å². The molecule has 1 aliphatic rings. The fourth-order valence-corrected chi connectivity index (χ4v) is 3.35. The zero-order chi connectivity index (χ0) is 16.2. The van der Waals surface area contributed by atoms with Crippen LogP contribution < -0.4 is 14.8 Å². The Morgan fingerprint density at radius 1 is 1.08 bits per heavy atom. The summed E-state index contributed by atoms with van der Waals surface area (Å²) in [6, 6.07) is 11.9. The lowest BCUT2D eigenvalue weighted by Gasteiger charge is -2.02. The van der Waals surface area contributed by atoms with E-state index in [1.807, 2.05) is 42.6 Å². The van der Waals surface area contributed by atoms with Crippen LogP contribution in [0.4, 0.5) is 0 Å². The topological polar surface area (TPSA) is 56.3 Å². The lowest BCUT2D eigenvalue weighted by molar-refractivity contribution is 0.174. The quantitative estimate of drug-likeness (QED) is 0.699. The summed E-state index contributed by atoms with van der Waals surface area (Å²) >= 11 is 1.64. The lowest BCUT2D eigenvalue weighted by atomic mass is 10.2. The van der Waals surface area contributed by atoms with Crippen molar-refractivity contribution in [1.82, 2.24) is 15.3 Å². The maximum absolute atomic E-state index is 5.43. The van der Waals surface area contributed by atoms with Crippen molar-refractivity contribution < 1.29 is 9.47 Å². The van der Waals surface area contributed by atoms with Crippen LogP contribution >= 0.6 is 11.3 Å². The molecule has 3 heterocycles. The summed E-state index contributed by atoms with van der Waals surface area (Å²) in [5.74, 6) is 1.59. The van der Waals surface area contributed by atoms with E-state index >= 15 is 0 Å². The van der Waals surface area contributed by atoms with E-state index in [4.69, 9.17) is 14.5 Å². The molecule has 1 N–H and O–H groups in total. The second-order valence-corrected chi connectivity index (χ2v) is 6.32. The highest BCUT2D eigenvalue weighted by Gasteiger charge is 2.15. The van der Waals surface area contributed by atoms with Gasteiger partial charge in [0.2, 0.25) is 6.79 Å². The van der Waals surface area contributed by atoms with E-state index in [9.17, 15) is 0 Å². The van der Waals surface area contributed by atoms with Crippen molar-refractivity contribution in [3.8, 4) is 22.1 Å². The van der Waals surface area contributed by atoms with Gasteiger partial charge in [-0.25, -0.2) is 4.98 Å². The molecule has 2 aromatic heterocycles. The summed E-state index contributed by atoms with van der Waals surface area (Å²) < 4.78 is 10.8. The predicted octanol–water partition coefficient (Wildman–Crippen LogP) is 3.27. The maximum Gasteiger partial charge on any atom is 0.231 e. The van der Waals surface area contributed by atoms with E-state index in [1.165, 1.54) is 0 Å². The first kappa shape index (κ1) is 15.1. The molecule has 4 rings (SSSR count).